The first-order chi connectivity index (χ1) is 33.0. The van der Waals surface area contributed by atoms with E-state index in [4.69, 9.17) is 0 Å². The second kappa shape index (κ2) is 14.8. The highest BCUT2D eigenvalue weighted by Crippen LogP contribution is 2.58. The van der Waals surface area contributed by atoms with Gasteiger partial charge in [-0.2, -0.15) is 0 Å². The third-order valence-corrected chi connectivity index (χ3v) is 16.6. The zero-order valence-corrected chi connectivity index (χ0v) is 38.6. The molecule has 0 saturated heterocycles. The molecule has 0 fully saturated rings. The zero-order valence-electron chi connectivity index (χ0n) is 37.0. The summed E-state index contributed by atoms with van der Waals surface area (Å²) in [6.45, 7) is 4.84. The second-order valence-electron chi connectivity index (χ2n) is 18.4. The number of anilines is 6. The van der Waals surface area contributed by atoms with Gasteiger partial charge in [-0.25, -0.2) is 0 Å². The van der Waals surface area contributed by atoms with E-state index in [-0.39, 0.29) is 5.41 Å². The molecule has 0 saturated carbocycles. The lowest BCUT2D eigenvalue weighted by Gasteiger charge is -2.34. The fourth-order valence-corrected chi connectivity index (χ4v) is 13.6. The minimum atomic E-state index is -0.228. The van der Waals surface area contributed by atoms with Crippen LogP contribution in [0.25, 0.3) is 65.7 Å². The Morgan fingerprint density at radius 1 is 0.328 bits per heavy atom. The van der Waals surface area contributed by atoms with Crippen molar-refractivity contribution in [3.05, 3.63) is 230 Å². The molecule has 67 heavy (non-hydrogen) atoms. The predicted molar refractivity (Wildman–Crippen MR) is 285 cm³/mol. The van der Waals surface area contributed by atoms with Gasteiger partial charge in [0.25, 0.3) is 0 Å². The summed E-state index contributed by atoms with van der Waals surface area (Å²) in [6.07, 6.45) is 0. The maximum absolute atomic E-state index is 2.50. The predicted octanol–water partition coefficient (Wildman–Crippen LogP) is 18.7. The Labute approximate surface area is 399 Å². The van der Waals surface area contributed by atoms with Crippen LogP contribution in [0.5, 0.6) is 0 Å². The first kappa shape index (κ1) is 38.7. The molecule has 11 aromatic carbocycles. The van der Waals surface area contributed by atoms with Gasteiger partial charge in [-0.3, -0.25) is 0 Å². The first-order valence-corrected chi connectivity index (χ1v) is 24.7. The molecule has 0 aromatic heterocycles. The Balaban J connectivity index is 1.14. The van der Waals surface area contributed by atoms with Gasteiger partial charge in [-0.15, -0.1) is 0 Å². The third-order valence-electron chi connectivity index (χ3n) is 14.4. The van der Waals surface area contributed by atoms with E-state index in [0.29, 0.717) is 0 Å². The molecule has 0 bridgehead atoms. The highest BCUT2D eigenvalue weighted by atomic mass is 32.2. The minimum absolute atomic E-state index is 0.228. The van der Waals surface area contributed by atoms with Crippen molar-refractivity contribution in [1.82, 2.24) is 0 Å². The molecule has 4 heteroatoms. The molecule has 0 amide bonds. The number of hydrogen-bond acceptors (Lipinski definition) is 4. The molecular formula is C63H42N2S2. The van der Waals surface area contributed by atoms with E-state index < -0.39 is 0 Å². The number of hydrogen-bond donors (Lipinski definition) is 0. The van der Waals surface area contributed by atoms with Crippen LogP contribution in [-0.4, -0.2) is 0 Å². The van der Waals surface area contributed by atoms with Gasteiger partial charge >= 0.3 is 0 Å². The first-order valence-electron chi connectivity index (χ1n) is 23.1. The highest BCUT2D eigenvalue weighted by Gasteiger charge is 2.38. The summed E-state index contributed by atoms with van der Waals surface area (Å²) >= 11 is 3.70. The zero-order chi connectivity index (χ0) is 44.4. The molecule has 2 aliphatic heterocycles. The molecule has 0 unspecified atom stereocenters. The monoisotopic (exact) mass is 890 g/mol. The van der Waals surface area contributed by atoms with Crippen LogP contribution >= 0.6 is 23.5 Å². The van der Waals surface area contributed by atoms with Crippen molar-refractivity contribution in [2.24, 2.45) is 0 Å². The van der Waals surface area contributed by atoms with Crippen molar-refractivity contribution < 1.29 is 0 Å². The quantitative estimate of drug-likeness (QED) is 0.162. The molecule has 14 rings (SSSR count). The van der Waals surface area contributed by atoms with E-state index in [1.807, 2.05) is 23.5 Å². The van der Waals surface area contributed by atoms with E-state index in [2.05, 4.69) is 242 Å². The summed E-state index contributed by atoms with van der Waals surface area (Å²) in [6, 6.07) is 81.7. The Bertz CT molecular complexity index is 3790. The number of rotatable bonds is 4. The van der Waals surface area contributed by atoms with Crippen molar-refractivity contribution in [2.75, 3.05) is 9.80 Å². The highest BCUT2D eigenvalue weighted by molar-refractivity contribution is 8.00. The molecular weight excluding hydrogens is 849 g/mol. The lowest BCUT2D eigenvalue weighted by molar-refractivity contribution is 0.662. The Morgan fingerprint density at radius 2 is 0.746 bits per heavy atom. The standard InChI is InChI=1S/C63H42N2S2/c1-63(2)51-24-6-5-20-43(51)47-22-16-23-48(62(47)63)61-46-36-34-40(64-52-25-7-11-29-56(52)66-57-30-12-8-26-53(57)64)37-49(46)60(44-21-15-18-39-17-3-4-19-42(39)44)45-35-33-41(38-50(45)61)65-54-27-9-13-31-58(54)67-59-32-14-10-28-55(59)65/h3-38H,1-2H3. The average molecular weight is 891 g/mol. The molecule has 3 aliphatic rings. The van der Waals surface area contributed by atoms with Crippen molar-refractivity contribution >= 4 is 90.0 Å². The number of para-hydroxylation sites is 4. The van der Waals surface area contributed by atoms with E-state index in [0.717, 1.165) is 11.4 Å². The van der Waals surface area contributed by atoms with Crippen molar-refractivity contribution in [3.8, 4) is 33.4 Å². The van der Waals surface area contributed by atoms with Crippen LogP contribution in [0, 0.1) is 0 Å². The largest absolute Gasteiger partial charge is 0.308 e. The summed E-state index contributed by atoms with van der Waals surface area (Å²) in [5.41, 5.74) is 17.3. The Kier molecular flexibility index (Phi) is 8.53. The normalized spacial score (nSPS) is 14.1. The molecule has 316 valence electrons. The number of nitrogens with zero attached hydrogens (tertiary/aromatic N) is 2. The summed E-state index contributed by atoms with van der Waals surface area (Å²) < 4.78 is 0. The summed E-state index contributed by atoms with van der Waals surface area (Å²) in [5, 5.41) is 7.40. The van der Waals surface area contributed by atoms with Gasteiger partial charge in [0.2, 0.25) is 0 Å². The molecule has 0 atom stereocenters. The van der Waals surface area contributed by atoms with Crippen molar-refractivity contribution in [1.29, 1.82) is 0 Å². The minimum Gasteiger partial charge on any atom is -0.308 e. The van der Waals surface area contributed by atoms with Crippen molar-refractivity contribution in [2.45, 2.75) is 38.8 Å². The Hall–Kier alpha value is -7.50. The van der Waals surface area contributed by atoms with Crippen LogP contribution in [-0.2, 0) is 5.41 Å². The van der Waals surface area contributed by atoms with Crippen LogP contribution < -0.4 is 9.80 Å². The van der Waals surface area contributed by atoms with Crippen LogP contribution in [0.3, 0.4) is 0 Å². The van der Waals surface area contributed by atoms with Crippen LogP contribution in [0.15, 0.2) is 238 Å². The summed E-state index contributed by atoms with van der Waals surface area (Å²) in [4.78, 5) is 9.97. The average Bonchev–Trinajstić information content (AvgIpc) is 3.62. The fourth-order valence-electron chi connectivity index (χ4n) is 11.5. The lowest BCUT2D eigenvalue weighted by atomic mass is 9.76. The second-order valence-corrected chi connectivity index (χ2v) is 20.5. The van der Waals surface area contributed by atoms with E-state index >= 15 is 0 Å². The summed E-state index contributed by atoms with van der Waals surface area (Å²) in [7, 11) is 0. The van der Waals surface area contributed by atoms with Gasteiger partial charge in [0.15, 0.2) is 0 Å². The summed E-state index contributed by atoms with van der Waals surface area (Å²) in [5.74, 6) is 0. The molecule has 1 aliphatic carbocycles. The number of benzene rings is 11. The smallest absolute Gasteiger partial charge is 0.0601 e. The van der Waals surface area contributed by atoms with Gasteiger partial charge in [0, 0.05) is 36.4 Å². The molecule has 11 aromatic rings. The molecule has 0 spiro atoms. The van der Waals surface area contributed by atoms with E-state index in [9.17, 15) is 0 Å². The van der Waals surface area contributed by atoms with Crippen LogP contribution in [0.4, 0.5) is 34.1 Å². The van der Waals surface area contributed by atoms with Crippen molar-refractivity contribution in [3.63, 3.8) is 0 Å². The molecule has 0 radical (unpaired) electrons. The fraction of sp³-hybridized carbons (Fsp3) is 0.0476. The van der Waals surface area contributed by atoms with Gasteiger partial charge < -0.3 is 9.80 Å². The van der Waals surface area contributed by atoms with E-state index in [1.165, 1.54) is 119 Å². The van der Waals surface area contributed by atoms with Crippen LogP contribution in [0.1, 0.15) is 25.0 Å². The number of fused-ring (bicyclic) bond motifs is 10. The molecule has 2 nitrogen and oxygen atoms in total. The van der Waals surface area contributed by atoms with E-state index in [1.54, 1.807) is 0 Å². The van der Waals surface area contributed by atoms with Gasteiger partial charge in [-0.05, 0) is 150 Å². The van der Waals surface area contributed by atoms with Gasteiger partial charge in [0.1, 0.15) is 0 Å². The molecule has 0 N–H and O–H groups in total. The SMILES string of the molecule is CC1(C)c2ccccc2-c2cccc(-c3c4cc(N5c6ccccc6Sc6ccccc65)ccc4c(-c4cccc5ccccc45)c4cc(N5c6ccccc6Sc6ccccc65)ccc34)c21. The third kappa shape index (κ3) is 5.73. The lowest BCUT2D eigenvalue weighted by Crippen LogP contribution is -2.16. The van der Waals surface area contributed by atoms with Gasteiger partial charge in [-0.1, -0.05) is 183 Å². The maximum atomic E-state index is 2.50. The van der Waals surface area contributed by atoms with Crippen LogP contribution in [0.2, 0.25) is 0 Å². The maximum Gasteiger partial charge on any atom is 0.0601 e. The topological polar surface area (TPSA) is 6.48 Å². The van der Waals surface area contributed by atoms with Gasteiger partial charge in [0.05, 0.1) is 22.7 Å². The Morgan fingerprint density at radius 3 is 1.33 bits per heavy atom. The molecule has 2 heterocycles.